The van der Waals surface area contributed by atoms with Gasteiger partial charge in [0.05, 0.1) is 38.4 Å². The molecule has 0 saturated carbocycles. The maximum Gasteiger partial charge on any atom is 0.246 e. The summed E-state index contributed by atoms with van der Waals surface area (Å²) in [7, 11) is -3.73. The Hall–Kier alpha value is -1.70. The number of H-pyrrole nitrogens is 1. The molecule has 5 rings (SSSR count). The Morgan fingerprint density at radius 3 is 1.88 bits per heavy atom. The van der Waals surface area contributed by atoms with Crippen LogP contribution in [0.25, 0.3) is 0 Å². The van der Waals surface area contributed by atoms with Gasteiger partial charge >= 0.3 is 0 Å². The number of aromatic amines is 1. The highest BCUT2D eigenvalue weighted by atomic mass is 35.5. The molecule has 3 aromatic rings. The van der Waals surface area contributed by atoms with Crippen molar-refractivity contribution in [2.75, 3.05) is 39.4 Å². The monoisotopic (exact) mass is 964 g/mol. The van der Waals surface area contributed by atoms with Gasteiger partial charge in [-0.15, -0.1) is 9.44 Å². The molecule has 1 aromatic heterocycles. The zero-order chi connectivity index (χ0) is 43.8. The number of nitrogens with zero attached hydrogens (tertiary/aromatic N) is 2. The van der Waals surface area contributed by atoms with Crippen molar-refractivity contribution in [1.82, 2.24) is 29.3 Å². The van der Waals surface area contributed by atoms with Crippen molar-refractivity contribution in [2.24, 2.45) is 11.8 Å². The van der Waals surface area contributed by atoms with E-state index >= 15 is 0 Å². The second kappa shape index (κ2) is 21.8. The van der Waals surface area contributed by atoms with Gasteiger partial charge in [-0.05, 0) is 97.4 Å². The number of allylic oxidation sites excluding steroid dienone is 1. The Labute approximate surface area is 381 Å². The summed E-state index contributed by atoms with van der Waals surface area (Å²) in [5, 5.41) is 11.1. The Morgan fingerprint density at radius 1 is 0.850 bits per heavy atom. The van der Waals surface area contributed by atoms with Crippen LogP contribution in [0.2, 0.25) is 20.1 Å². The first-order valence-corrected chi connectivity index (χ1v) is 25.1. The first-order valence-electron chi connectivity index (χ1n) is 19.9. The number of rotatable bonds is 19. The lowest BCUT2D eigenvalue weighted by molar-refractivity contribution is 0.233. The molecule has 0 aliphatic carbocycles. The molecular formula is C41H56Cl4N6O6S3. The van der Waals surface area contributed by atoms with E-state index < -0.39 is 48.3 Å². The molecule has 3 heterocycles. The van der Waals surface area contributed by atoms with Gasteiger partial charge in [-0.3, -0.25) is 5.10 Å². The van der Waals surface area contributed by atoms with Crippen molar-refractivity contribution >= 4 is 79.2 Å². The van der Waals surface area contributed by atoms with Crippen LogP contribution >= 0.6 is 46.4 Å². The van der Waals surface area contributed by atoms with Crippen LogP contribution in [0.5, 0.6) is 11.5 Å². The minimum atomic E-state index is -3.73. The average molecular weight is 967 g/mol. The van der Waals surface area contributed by atoms with Crippen molar-refractivity contribution in [3.05, 3.63) is 92.7 Å². The van der Waals surface area contributed by atoms with Crippen LogP contribution in [0.15, 0.2) is 66.4 Å². The molecule has 332 valence electrons. The second-order valence-corrected chi connectivity index (χ2v) is 24.0. The van der Waals surface area contributed by atoms with Gasteiger partial charge in [-0.1, -0.05) is 71.2 Å². The third-order valence-corrected chi connectivity index (χ3v) is 17.2. The van der Waals surface area contributed by atoms with Crippen LogP contribution in [-0.2, 0) is 32.7 Å². The van der Waals surface area contributed by atoms with Crippen molar-refractivity contribution in [3.63, 3.8) is 0 Å². The van der Waals surface area contributed by atoms with E-state index in [4.69, 9.17) is 55.9 Å². The Kier molecular flexibility index (Phi) is 17.9. The van der Waals surface area contributed by atoms with Crippen LogP contribution in [-0.4, -0.2) is 80.9 Å². The molecule has 0 bridgehead atoms. The van der Waals surface area contributed by atoms with Gasteiger partial charge in [0.2, 0.25) is 10.0 Å². The highest BCUT2D eigenvalue weighted by Crippen LogP contribution is 2.43. The number of hydrogen-bond acceptors (Lipinski definition) is 10. The SMILES string of the molecule is C=CCOc1cc(Cl)c(Cl)cc1[C@H](N[S+]([O-])C(C)(C)C/C=C\COc1cc(Cl)c(Cl)cc1[C@H](N[S+]([O-])C(C)(C)C)C1CCNCC1)C1CCN(S(=O)(=O)c2cn[nH]c2)CC1. The standard InChI is InChI=1S/C41H56Cl4N6O6S3/c1-7-19-56-36-23-34(44)32(42)21-30(36)39(28-12-17-51(18-13-28)60(54,55)29-25-47-48-26-29)50-59(53)41(5,6)14-8-9-20-57-37-24-35(45)33(43)22-31(37)38(27-10-15-46-16-11-27)49-58(52)40(2,3)4/h7-9,21-28,38-39,46,49-50H,1,10-20H2,2-6H3,(H,47,48)/b9-8-/t38-,39-,58?,59?/m1/s1. The van der Waals surface area contributed by atoms with E-state index in [1.165, 1.54) is 16.7 Å². The van der Waals surface area contributed by atoms with Gasteiger partial charge in [0.25, 0.3) is 0 Å². The quantitative estimate of drug-likeness (QED) is 0.0674. The van der Waals surface area contributed by atoms with E-state index in [0.29, 0.717) is 56.4 Å². The Balaban J connectivity index is 1.32. The van der Waals surface area contributed by atoms with Gasteiger partial charge in [0.15, 0.2) is 0 Å². The van der Waals surface area contributed by atoms with Crippen molar-refractivity contribution in [3.8, 4) is 11.5 Å². The van der Waals surface area contributed by atoms with Crippen molar-refractivity contribution in [1.29, 1.82) is 0 Å². The Bertz CT molecular complexity index is 2020. The molecule has 19 heteroatoms. The minimum absolute atomic E-state index is 0.103. The minimum Gasteiger partial charge on any atom is -0.598 e. The number of ether oxygens (including phenoxy) is 2. The number of halogens is 4. The molecule has 4 atom stereocenters. The highest BCUT2D eigenvalue weighted by molar-refractivity contribution is 7.91. The summed E-state index contributed by atoms with van der Waals surface area (Å²) in [5.74, 6) is 1.06. The van der Waals surface area contributed by atoms with Gasteiger partial charge in [-0.2, -0.15) is 9.40 Å². The lowest BCUT2D eigenvalue weighted by Crippen LogP contribution is -2.47. The molecular weight excluding hydrogens is 910 g/mol. The fraction of sp³-hybridized carbons (Fsp3) is 0.537. The van der Waals surface area contributed by atoms with E-state index in [1.807, 2.05) is 46.8 Å². The first kappa shape index (κ1) is 49.3. The topological polar surface area (TPSA) is 167 Å². The Morgan fingerprint density at radius 2 is 1.37 bits per heavy atom. The number of sulfonamides is 1. The third kappa shape index (κ3) is 12.7. The smallest absolute Gasteiger partial charge is 0.246 e. The summed E-state index contributed by atoms with van der Waals surface area (Å²) in [6.45, 7) is 16.0. The lowest BCUT2D eigenvalue weighted by Gasteiger charge is -2.38. The van der Waals surface area contributed by atoms with Gasteiger partial charge < -0.3 is 23.9 Å². The summed E-state index contributed by atoms with van der Waals surface area (Å²) in [5.41, 5.74) is 1.46. The van der Waals surface area contributed by atoms with Crippen molar-refractivity contribution in [2.45, 2.75) is 93.2 Å². The van der Waals surface area contributed by atoms with Crippen LogP contribution in [0.1, 0.15) is 89.9 Å². The molecule has 0 radical (unpaired) electrons. The maximum atomic E-state index is 14.4. The largest absolute Gasteiger partial charge is 0.598 e. The molecule has 60 heavy (non-hydrogen) atoms. The molecule has 12 nitrogen and oxygen atoms in total. The summed E-state index contributed by atoms with van der Waals surface area (Å²) < 4.78 is 73.7. The number of nitrogens with one attached hydrogen (secondary N) is 4. The molecule has 0 spiro atoms. The van der Waals surface area contributed by atoms with Gasteiger partial charge in [0.1, 0.15) is 39.1 Å². The summed E-state index contributed by atoms with van der Waals surface area (Å²) in [6, 6.07) is 6.06. The first-order chi connectivity index (χ1) is 28.3. The fourth-order valence-corrected chi connectivity index (χ4v) is 11.2. The molecule has 2 aliphatic rings. The molecule has 2 unspecified atom stereocenters. The number of benzene rings is 2. The van der Waals surface area contributed by atoms with E-state index in [-0.39, 0.29) is 49.1 Å². The summed E-state index contributed by atoms with van der Waals surface area (Å²) >= 11 is 23.1. The number of hydrogen-bond donors (Lipinski definition) is 4. The van der Waals surface area contributed by atoms with Gasteiger partial charge in [0, 0.05) is 71.7 Å². The predicted octanol–water partition coefficient (Wildman–Crippen LogP) is 8.88. The van der Waals surface area contributed by atoms with E-state index in [1.54, 1.807) is 30.3 Å². The van der Waals surface area contributed by atoms with Crippen molar-refractivity contribution < 1.29 is 27.0 Å². The normalized spacial score (nSPS) is 18.6. The molecule has 2 aliphatic heterocycles. The molecule has 2 aromatic carbocycles. The van der Waals surface area contributed by atoms with Crippen LogP contribution < -0.4 is 24.2 Å². The summed E-state index contributed by atoms with van der Waals surface area (Å²) in [4.78, 5) is 0.103. The van der Waals surface area contributed by atoms with Gasteiger partial charge in [-0.25, -0.2) is 8.42 Å². The average Bonchev–Trinajstić information content (AvgIpc) is 3.77. The zero-order valence-electron chi connectivity index (χ0n) is 34.6. The highest BCUT2D eigenvalue weighted by Gasteiger charge is 2.41. The zero-order valence-corrected chi connectivity index (χ0v) is 40.0. The number of piperidine rings is 2. The van der Waals surface area contributed by atoms with Crippen LogP contribution in [0.3, 0.4) is 0 Å². The molecule has 2 fully saturated rings. The molecule has 2 saturated heterocycles. The van der Waals surface area contributed by atoms with E-state index in [9.17, 15) is 17.5 Å². The molecule has 4 N–H and O–H groups in total. The summed E-state index contributed by atoms with van der Waals surface area (Å²) in [6.07, 6.45) is 11.2. The third-order valence-electron chi connectivity index (χ3n) is 10.7. The predicted molar refractivity (Wildman–Crippen MR) is 245 cm³/mol. The van der Waals surface area contributed by atoms with Crippen LogP contribution in [0, 0.1) is 11.8 Å². The van der Waals surface area contributed by atoms with E-state index in [0.717, 1.165) is 31.5 Å². The second-order valence-electron chi connectivity index (χ2n) is 16.6. The number of aromatic nitrogens is 2. The van der Waals surface area contributed by atoms with E-state index in [2.05, 4.69) is 31.5 Å². The lowest BCUT2D eigenvalue weighted by atomic mass is 9.86. The molecule has 0 amide bonds. The van der Waals surface area contributed by atoms with Crippen LogP contribution in [0.4, 0.5) is 0 Å². The maximum absolute atomic E-state index is 14.4. The fourth-order valence-electron chi connectivity index (χ4n) is 7.17.